The minimum Gasteiger partial charge on any atom is -0.392 e. The quantitative estimate of drug-likeness (QED) is 0.881. The highest BCUT2D eigenvalue weighted by molar-refractivity contribution is 5.28. The van der Waals surface area contributed by atoms with Gasteiger partial charge in [-0.3, -0.25) is 4.90 Å². The highest BCUT2D eigenvalue weighted by Gasteiger charge is 2.25. The summed E-state index contributed by atoms with van der Waals surface area (Å²) in [7, 11) is 0. The highest BCUT2D eigenvalue weighted by atomic mass is 16.3. The number of hydrogen-bond donors (Lipinski definition) is 1. The van der Waals surface area contributed by atoms with Crippen LogP contribution in [-0.4, -0.2) is 33.8 Å². The molecule has 2 aromatic rings. The molecule has 0 aliphatic carbocycles. The molecule has 0 spiro atoms. The molecule has 132 valence electrons. The van der Waals surface area contributed by atoms with Gasteiger partial charge in [0.2, 0.25) is 0 Å². The Hall–Kier alpha value is -2.09. The van der Waals surface area contributed by atoms with Gasteiger partial charge >= 0.3 is 0 Å². The Balaban J connectivity index is 1.50. The maximum atomic E-state index is 10.5. The Morgan fingerprint density at radius 2 is 1.92 bits per heavy atom. The first-order chi connectivity index (χ1) is 12.2. The van der Waals surface area contributed by atoms with E-state index in [0.29, 0.717) is 5.92 Å². The molecule has 1 unspecified atom stereocenters. The van der Waals surface area contributed by atoms with Crippen molar-refractivity contribution >= 4 is 0 Å². The Kier molecular flexibility index (Phi) is 5.91. The van der Waals surface area contributed by atoms with Crippen molar-refractivity contribution in [2.45, 2.75) is 45.4 Å². The molecule has 3 rings (SSSR count). The summed E-state index contributed by atoms with van der Waals surface area (Å²) in [6.45, 7) is 5.80. The van der Waals surface area contributed by atoms with Crippen molar-refractivity contribution in [2.75, 3.05) is 13.1 Å². The van der Waals surface area contributed by atoms with Crippen molar-refractivity contribution < 1.29 is 5.11 Å². The second-order valence-corrected chi connectivity index (χ2v) is 7.00. The van der Waals surface area contributed by atoms with Gasteiger partial charge in [-0.25, -0.2) is 0 Å². The minimum absolute atomic E-state index is 0.254. The third kappa shape index (κ3) is 4.50. The molecule has 0 bridgehead atoms. The topological polar surface area (TPSA) is 52.2 Å². The van der Waals surface area contributed by atoms with Crippen molar-refractivity contribution in [3.05, 3.63) is 59.4 Å². The molecule has 1 N–H and O–H groups in total. The second-order valence-electron chi connectivity index (χ2n) is 7.00. The smallest absolute Gasteiger partial charge is 0.120 e. The van der Waals surface area contributed by atoms with Gasteiger partial charge in [-0.2, -0.15) is 5.26 Å². The zero-order chi connectivity index (χ0) is 17.6. The Labute approximate surface area is 150 Å². The summed E-state index contributed by atoms with van der Waals surface area (Å²) < 4.78 is 2.01. The van der Waals surface area contributed by atoms with Gasteiger partial charge in [-0.1, -0.05) is 30.3 Å². The molecular weight excluding hydrogens is 310 g/mol. The maximum absolute atomic E-state index is 10.5. The SMILES string of the molecule is CCn1cc(CN2CCC(C(O)Cc3ccccc3)CC2)cc1C#N. The third-order valence-electron chi connectivity index (χ3n) is 5.28. The van der Waals surface area contributed by atoms with Crippen LogP contribution in [0.4, 0.5) is 0 Å². The zero-order valence-electron chi connectivity index (χ0n) is 14.9. The predicted molar refractivity (Wildman–Crippen MR) is 99.0 cm³/mol. The summed E-state index contributed by atoms with van der Waals surface area (Å²) in [6, 6.07) is 14.5. The molecule has 1 fully saturated rings. The van der Waals surface area contributed by atoms with Crippen molar-refractivity contribution in [2.24, 2.45) is 5.92 Å². The number of rotatable bonds is 6. The maximum Gasteiger partial charge on any atom is 0.120 e. The fourth-order valence-corrected chi connectivity index (χ4v) is 3.79. The van der Waals surface area contributed by atoms with E-state index in [1.54, 1.807) is 0 Å². The van der Waals surface area contributed by atoms with Crippen LogP contribution in [0.1, 0.15) is 36.6 Å². The fourth-order valence-electron chi connectivity index (χ4n) is 3.79. The van der Waals surface area contributed by atoms with Crippen molar-refractivity contribution in [3.8, 4) is 6.07 Å². The average molecular weight is 337 g/mol. The van der Waals surface area contributed by atoms with E-state index in [0.717, 1.165) is 51.1 Å². The Bertz CT molecular complexity index is 708. The number of likely N-dealkylation sites (tertiary alicyclic amines) is 1. The highest BCUT2D eigenvalue weighted by Crippen LogP contribution is 2.24. The first-order valence-electron chi connectivity index (χ1n) is 9.23. The number of nitrogens with zero attached hydrogens (tertiary/aromatic N) is 3. The summed E-state index contributed by atoms with van der Waals surface area (Å²) in [5.41, 5.74) is 3.16. The van der Waals surface area contributed by atoms with Crippen LogP contribution in [0, 0.1) is 17.2 Å². The van der Waals surface area contributed by atoms with Crippen LogP contribution in [0.15, 0.2) is 42.6 Å². The lowest BCUT2D eigenvalue weighted by Gasteiger charge is -2.34. The number of aryl methyl sites for hydroxylation is 1. The first kappa shape index (κ1) is 17.7. The molecule has 0 amide bonds. The van der Waals surface area contributed by atoms with E-state index < -0.39 is 0 Å². The molecule has 1 saturated heterocycles. The molecular formula is C21H27N3O. The van der Waals surface area contributed by atoms with E-state index in [9.17, 15) is 10.4 Å². The van der Waals surface area contributed by atoms with Crippen molar-refractivity contribution in [1.82, 2.24) is 9.47 Å². The van der Waals surface area contributed by atoms with E-state index in [-0.39, 0.29) is 6.10 Å². The number of benzene rings is 1. The summed E-state index contributed by atoms with van der Waals surface area (Å²) >= 11 is 0. The lowest BCUT2D eigenvalue weighted by atomic mass is 9.88. The van der Waals surface area contributed by atoms with Gasteiger partial charge in [0.25, 0.3) is 0 Å². The number of aliphatic hydroxyl groups excluding tert-OH is 1. The van der Waals surface area contributed by atoms with E-state index in [1.165, 1.54) is 11.1 Å². The van der Waals surface area contributed by atoms with Crippen LogP contribution < -0.4 is 0 Å². The van der Waals surface area contributed by atoms with Gasteiger partial charge in [0, 0.05) is 19.3 Å². The van der Waals surface area contributed by atoms with Gasteiger partial charge in [-0.15, -0.1) is 0 Å². The molecule has 4 heteroatoms. The number of piperidine rings is 1. The predicted octanol–water partition coefficient (Wildman–Crippen LogP) is 3.20. The zero-order valence-corrected chi connectivity index (χ0v) is 14.9. The molecule has 25 heavy (non-hydrogen) atoms. The average Bonchev–Trinajstić information content (AvgIpc) is 3.05. The normalized spacial score (nSPS) is 17.3. The summed E-state index contributed by atoms with van der Waals surface area (Å²) in [5.74, 6) is 0.381. The fraction of sp³-hybridized carbons (Fsp3) is 0.476. The van der Waals surface area contributed by atoms with Gasteiger partial charge in [0.15, 0.2) is 0 Å². The molecule has 1 aliphatic heterocycles. The van der Waals surface area contributed by atoms with Gasteiger partial charge < -0.3 is 9.67 Å². The van der Waals surface area contributed by atoms with Gasteiger partial charge in [0.1, 0.15) is 11.8 Å². The van der Waals surface area contributed by atoms with Crippen LogP contribution in [0.25, 0.3) is 0 Å². The van der Waals surface area contributed by atoms with E-state index in [1.807, 2.05) is 28.8 Å². The number of hydrogen-bond acceptors (Lipinski definition) is 3. The van der Waals surface area contributed by atoms with Crippen LogP contribution in [0.3, 0.4) is 0 Å². The monoisotopic (exact) mass is 337 g/mol. The van der Waals surface area contributed by atoms with E-state index >= 15 is 0 Å². The van der Waals surface area contributed by atoms with Crippen LogP contribution >= 0.6 is 0 Å². The molecule has 4 nitrogen and oxygen atoms in total. The lowest BCUT2D eigenvalue weighted by molar-refractivity contribution is 0.0576. The molecule has 1 aromatic heterocycles. The molecule has 1 atom stereocenters. The summed E-state index contributed by atoms with van der Waals surface area (Å²) in [5, 5.41) is 19.7. The van der Waals surface area contributed by atoms with E-state index in [4.69, 9.17) is 0 Å². The minimum atomic E-state index is -0.254. The van der Waals surface area contributed by atoms with Crippen LogP contribution in [0.5, 0.6) is 0 Å². The van der Waals surface area contributed by atoms with Crippen LogP contribution in [-0.2, 0) is 19.5 Å². The molecule has 0 radical (unpaired) electrons. The van der Waals surface area contributed by atoms with Crippen LogP contribution in [0.2, 0.25) is 0 Å². The number of aromatic nitrogens is 1. The van der Waals surface area contributed by atoms with Gasteiger partial charge in [0.05, 0.1) is 6.10 Å². The van der Waals surface area contributed by atoms with Crippen molar-refractivity contribution in [1.29, 1.82) is 5.26 Å². The summed E-state index contributed by atoms with van der Waals surface area (Å²) in [4.78, 5) is 2.43. The molecule has 0 saturated carbocycles. The molecule has 1 aliphatic rings. The van der Waals surface area contributed by atoms with Gasteiger partial charge in [-0.05, 0) is 62.4 Å². The number of nitriles is 1. The first-order valence-corrected chi connectivity index (χ1v) is 9.23. The Morgan fingerprint density at radius 3 is 2.52 bits per heavy atom. The largest absolute Gasteiger partial charge is 0.392 e. The standard InChI is InChI=1S/C21H27N3O/c1-2-24-16-18(12-20(24)14-22)15-23-10-8-19(9-11-23)21(25)13-17-6-4-3-5-7-17/h3-7,12,16,19,21,25H,2,8-11,13,15H2,1H3. The van der Waals surface area contributed by atoms with Crippen molar-refractivity contribution in [3.63, 3.8) is 0 Å². The number of aliphatic hydroxyl groups is 1. The third-order valence-corrected chi connectivity index (χ3v) is 5.28. The lowest BCUT2D eigenvalue weighted by Crippen LogP contribution is -2.38. The Morgan fingerprint density at radius 1 is 1.20 bits per heavy atom. The molecule has 1 aromatic carbocycles. The second kappa shape index (κ2) is 8.33. The summed E-state index contributed by atoms with van der Waals surface area (Å²) in [6.07, 6.45) is 4.66. The van der Waals surface area contributed by atoms with E-state index in [2.05, 4.69) is 36.2 Å². The molecule has 2 heterocycles.